The molecule has 0 unspecified atom stereocenters. The lowest BCUT2D eigenvalue weighted by molar-refractivity contribution is 0.493. The first-order valence-corrected chi connectivity index (χ1v) is 17.4. The quantitative estimate of drug-likeness (QED) is 0.184. The summed E-state index contributed by atoms with van der Waals surface area (Å²) < 4.78 is 9.12. The van der Waals surface area contributed by atoms with E-state index in [9.17, 15) is 0 Å². The highest BCUT2D eigenvalue weighted by Crippen LogP contribution is 2.50. The van der Waals surface area contributed by atoms with Gasteiger partial charge in [-0.1, -0.05) is 133 Å². The summed E-state index contributed by atoms with van der Waals surface area (Å²) in [6.45, 7) is 0. The average Bonchev–Trinajstić information content (AvgIpc) is 3.56. The van der Waals surface area contributed by atoms with E-state index >= 15 is 0 Å². The van der Waals surface area contributed by atoms with Crippen LogP contribution < -0.4 is 4.74 Å². The normalized spacial score (nSPS) is 12.0. The highest BCUT2D eigenvalue weighted by atomic mass is 16.5. The van der Waals surface area contributed by atoms with E-state index in [-0.39, 0.29) is 0 Å². The Morgan fingerprint density at radius 2 is 1.02 bits per heavy atom. The van der Waals surface area contributed by atoms with Gasteiger partial charge < -0.3 is 9.30 Å². The minimum atomic E-state index is 0.623. The highest BCUT2D eigenvalue weighted by molar-refractivity contribution is 6.26. The van der Waals surface area contributed by atoms with Crippen LogP contribution in [-0.2, 0) is 0 Å². The van der Waals surface area contributed by atoms with Gasteiger partial charge in [0.05, 0.1) is 16.4 Å². The van der Waals surface area contributed by atoms with Gasteiger partial charge in [0, 0.05) is 33.2 Å². The van der Waals surface area contributed by atoms with E-state index in [1.54, 1.807) is 0 Å². The summed E-state index contributed by atoms with van der Waals surface area (Å²) >= 11 is 0. The number of ether oxygens (including phenoxy) is 1. The molecule has 0 aliphatic carbocycles. The first-order chi connectivity index (χ1) is 25.8. The van der Waals surface area contributed by atoms with Crippen molar-refractivity contribution in [3.05, 3.63) is 170 Å². The van der Waals surface area contributed by atoms with E-state index < -0.39 is 0 Å². The Morgan fingerprint density at radius 3 is 1.75 bits per heavy atom. The monoisotopic (exact) mass is 664 g/mol. The standard InChI is InChI=1S/C47H28N4O/c1-4-13-29(14-5-1)34-26-39-43-41(27-34)52-40-22-12-20-30-23-24-38(44(43)42(30)40)51(39)35-25-33-19-10-11-21-36(33)37(28-35)47-49-45(31-15-6-2-7-16-31)48-46(50-47)32-17-8-3-9-18-32/h1-28H. The molecule has 0 spiro atoms. The number of hydrogen-bond acceptors (Lipinski definition) is 4. The minimum absolute atomic E-state index is 0.623. The summed E-state index contributed by atoms with van der Waals surface area (Å²) in [6.07, 6.45) is 0. The van der Waals surface area contributed by atoms with Crippen LogP contribution in [0.3, 0.4) is 0 Å². The lowest BCUT2D eigenvalue weighted by Gasteiger charge is -2.17. The van der Waals surface area contributed by atoms with Gasteiger partial charge in [-0.2, -0.15) is 0 Å². The molecule has 0 N–H and O–H groups in total. The average molecular weight is 665 g/mol. The third kappa shape index (κ3) is 4.39. The van der Waals surface area contributed by atoms with Crippen LogP contribution in [0.2, 0.25) is 0 Å². The summed E-state index contributed by atoms with van der Waals surface area (Å²) in [4.78, 5) is 15.3. The zero-order valence-corrected chi connectivity index (χ0v) is 27.9. The largest absolute Gasteiger partial charge is 0.456 e. The summed E-state index contributed by atoms with van der Waals surface area (Å²) in [5, 5.41) is 6.79. The maximum Gasteiger partial charge on any atom is 0.164 e. The van der Waals surface area contributed by atoms with E-state index in [4.69, 9.17) is 19.7 Å². The van der Waals surface area contributed by atoms with Crippen LogP contribution in [0.15, 0.2) is 170 Å². The number of nitrogens with zero attached hydrogens (tertiary/aromatic N) is 4. The van der Waals surface area contributed by atoms with E-state index in [1.165, 1.54) is 5.39 Å². The molecule has 0 radical (unpaired) electrons. The Labute approximate surface area is 299 Å². The van der Waals surface area contributed by atoms with Gasteiger partial charge in [0.2, 0.25) is 0 Å². The zero-order valence-electron chi connectivity index (χ0n) is 27.9. The second-order valence-corrected chi connectivity index (χ2v) is 13.2. The third-order valence-corrected chi connectivity index (χ3v) is 10.2. The molecule has 52 heavy (non-hydrogen) atoms. The predicted octanol–water partition coefficient (Wildman–Crippen LogP) is 12.0. The molecule has 0 atom stereocenters. The number of rotatable bonds is 5. The number of hydrogen-bond donors (Lipinski definition) is 0. The molecule has 11 rings (SSSR count). The van der Waals surface area contributed by atoms with Crippen molar-refractivity contribution in [2.45, 2.75) is 0 Å². The second kappa shape index (κ2) is 11.2. The Kier molecular flexibility index (Phi) is 6.18. The molecule has 0 saturated carbocycles. The van der Waals surface area contributed by atoms with Crippen LogP contribution in [0.25, 0.3) is 94.3 Å². The van der Waals surface area contributed by atoms with Gasteiger partial charge in [-0.25, -0.2) is 15.0 Å². The van der Waals surface area contributed by atoms with Crippen molar-refractivity contribution in [3.8, 4) is 62.5 Å². The van der Waals surface area contributed by atoms with Crippen molar-refractivity contribution in [1.82, 2.24) is 19.5 Å². The smallest absolute Gasteiger partial charge is 0.164 e. The molecule has 8 aromatic carbocycles. The van der Waals surface area contributed by atoms with Crippen molar-refractivity contribution < 1.29 is 4.74 Å². The van der Waals surface area contributed by atoms with Crippen molar-refractivity contribution in [3.63, 3.8) is 0 Å². The van der Waals surface area contributed by atoms with Crippen molar-refractivity contribution in [1.29, 1.82) is 0 Å². The van der Waals surface area contributed by atoms with Crippen molar-refractivity contribution in [2.75, 3.05) is 0 Å². The minimum Gasteiger partial charge on any atom is -0.456 e. The lowest BCUT2D eigenvalue weighted by atomic mass is 9.98. The predicted molar refractivity (Wildman–Crippen MR) is 211 cm³/mol. The molecule has 5 nitrogen and oxygen atoms in total. The van der Waals surface area contributed by atoms with Crippen molar-refractivity contribution in [2.24, 2.45) is 0 Å². The van der Waals surface area contributed by atoms with Gasteiger partial charge in [-0.05, 0) is 63.7 Å². The molecule has 10 aromatic rings. The molecular formula is C47H28N4O. The molecule has 242 valence electrons. The van der Waals surface area contributed by atoms with Gasteiger partial charge in [0.15, 0.2) is 17.5 Å². The van der Waals surface area contributed by atoms with Gasteiger partial charge in [0.25, 0.3) is 0 Å². The van der Waals surface area contributed by atoms with E-state index in [0.717, 1.165) is 83.0 Å². The van der Waals surface area contributed by atoms with Crippen LogP contribution in [0.5, 0.6) is 11.5 Å². The summed E-state index contributed by atoms with van der Waals surface area (Å²) in [7, 11) is 0. The van der Waals surface area contributed by atoms with Crippen LogP contribution in [0.1, 0.15) is 0 Å². The van der Waals surface area contributed by atoms with E-state index in [0.29, 0.717) is 17.5 Å². The maximum absolute atomic E-state index is 6.73. The second-order valence-electron chi connectivity index (χ2n) is 13.2. The molecule has 5 heteroatoms. The fraction of sp³-hybridized carbons (Fsp3) is 0. The Balaban J connectivity index is 1.24. The summed E-state index contributed by atoms with van der Waals surface area (Å²) in [6, 6.07) is 59.0. The lowest BCUT2D eigenvalue weighted by Crippen LogP contribution is -2.02. The molecule has 1 aliphatic rings. The van der Waals surface area contributed by atoms with Gasteiger partial charge >= 0.3 is 0 Å². The molecule has 0 amide bonds. The first-order valence-electron chi connectivity index (χ1n) is 17.4. The van der Waals surface area contributed by atoms with Crippen molar-refractivity contribution >= 4 is 43.4 Å². The molecule has 2 aromatic heterocycles. The molecule has 0 saturated heterocycles. The third-order valence-electron chi connectivity index (χ3n) is 10.2. The Bertz CT molecular complexity index is 2970. The fourth-order valence-electron chi connectivity index (χ4n) is 7.83. The van der Waals surface area contributed by atoms with Crippen LogP contribution in [0.4, 0.5) is 0 Å². The van der Waals surface area contributed by atoms with Crippen LogP contribution in [0, 0.1) is 0 Å². The zero-order chi connectivity index (χ0) is 34.2. The summed E-state index contributed by atoms with van der Waals surface area (Å²) in [5.41, 5.74) is 8.27. The van der Waals surface area contributed by atoms with Gasteiger partial charge in [-0.15, -0.1) is 0 Å². The molecule has 0 fully saturated rings. The SMILES string of the molecule is c1ccc(-c2cc3c4c5c6c(cccc6ccc5n(-c5cc(-c6nc(-c7ccccc7)nc(-c7ccccc7)n6)c6ccccc6c5)c4c2)O3)cc1. The fourth-order valence-corrected chi connectivity index (χ4v) is 7.83. The van der Waals surface area contributed by atoms with Gasteiger partial charge in [-0.3, -0.25) is 0 Å². The first kappa shape index (κ1) is 28.7. The Hall–Kier alpha value is -7.11. The van der Waals surface area contributed by atoms with Gasteiger partial charge in [0.1, 0.15) is 11.5 Å². The molecule has 3 heterocycles. The maximum atomic E-state index is 6.73. The number of fused-ring (bicyclic) bond motifs is 1. The molecule has 1 aliphatic heterocycles. The Morgan fingerprint density at radius 1 is 0.385 bits per heavy atom. The number of aromatic nitrogens is 4. The molecule has 0 bridgehead atoms. The molecular weight excluding hydrogens is 637 g/mol. The topological polar surface area (TPSA) is 52.8 Å². The van der Waals surface area contributed by atoms with E-state index in [1.807, 2.05) is 60.7 Å². The van der Waals surface area contributed by atoms with Crippen LogP contribution in [-0.4, -0.2) is 19.5 Å². The highest BCUT2D eigenvalue weighted by Gasteiger charge is 2.26. The summed E-state index contributed by atoms with van der Waals surface area (Å²) in [5.74, 6) is 3.64. The number of benzene rings is 8. The van der Waals surface area contributed by atoms with Crippen LogP contribution >= 0.6 is 0 Å². The van der Waals surface area contributed by atoms with E-state index in [2.05, 4.69) is 114 Å².